The van der Waals surface area contributed by atoms with Crippen molar-refractivity contribution in [2.45, 2.75) is 31.6 Å². The molecule has 0 saturated carbocycles. The molecule has 1 unspecified atom stereocenters. The molecular formula is C61H45N. The monoisotopic (exact) mass is 791 g/mol. The van der Waals surface area contributed by atoms with Crippen LogP contribution in [0.25, 0.3) is 66.1 Å². The molecule has 294 valence electrons. The standard InChI is InChI=1S/C61H45N/c1-60(2)55-25-12-9-21-50(55)53-23-15-24-54(59(53)60)52-22-11-14-27-58(52)62(46-35-37-48-43(38-46)29-28-41-16-7-8-19-47(41)48)45-33-30-40(31-34-45)42-32-36-51-49-20-10-13-26-56(49)61(3,57(51)39-42)44-17-5-4-6-18-44/h4-39H,1-3H3. The molecule has 1 atom stereocenters. The maximum atomic E-state index is 2.47. The van der Waals surface area contributed by atoms with E-state index in [0.29, 0.717) is 0 Å². The van der Waals surface area contributed by atoms with Crippen LogP contribution in [-0.2, 0) is 10.8 Å². The van der Waals surface area contributed by atoms with Crippen molar-refractivity contribution in [3.05, 3.63) is 246 Å². The van der Waals surface area contributed by atoms with Gasteiger partial charge in [-0.2, -0.15) is 0 Å². The van der Waals surface area contributed by atoms with E-state index in [2.05, 4.69) is 244 Å². The number of nitrogens with zero attached hydrogens (tertiary/aromatic N) is 1. The molecule has 0 heterocycles. The second-order valence-electron chi connectivity index (χ2n) is 17.8. The molecule has 1 nitrogen and oxygen atoms in total. The number of anilines is 3. The van der Waals surface area contributed by atoms with Crippen molar-refractivity contribution in [2.75, 3.05) is 4.90 Å². The molecule has 0 fully saturated rings. The van der Waals surface area contributed by atoms with Gasteiger partial charge in [-0.05, 0) is 132 Å². The van der Waals surface area contributed by atoms with Crippen LogP contribution in [0.4, 0.5) is 17.1 Å². The highest BCUT2D eigenvalue weighted by molar-refractivity contribution is 6.09. The van der Waals surface area contributed by atoms with Crippen LogP contribution in [-0.4, -0.2) is 0 Å². The summed E-state index contributed by atoms with van der Waals surface area (Å²) < 4.78 is 0. The average Bonchev–Trinajstić information content (AvgIpc) is 3.73. The summed E-state index contributed by atoms with van der Waals surface area (Å²) >= 11 is 0. The number of hydrogen-bond acceptors (Lipinski definition) is 1. The third-order valence-corrected chi connectivity index (χ3v) is 14.1. The van der Waals surface area contributed by atoms with E-state index in [1.165, 1.54) is 93.9 Å². The predicted octanol–water partition coefficient (Wildman–Crippen LogP) is 16.4. The Morgan fingerprint density at radius 3 is 1.71 bits per heavy atom. The number of rotatable bonds is 6. The van der Waals surface area contributed by atoms with Gasteiger partial charge in [-0.15, -0.1) is 0 Å². The molecular weight excluding hydrogens is 747 g/mol. The van der Waals surface area contributed by atoms with Gasteiger partial charge in [0.1, 0.15) is 0 Å². The lowest BCUT2D eigenvalue weighted by Gasteiger charge is -2.30. The van der Waals surface area contributed by atoms with Gasteiger partial charge in [0.25, 0.3) is 0 Å². The normalized spacial score (nSPS) is 15.5. The van der Waals surface area contributed by atoms with E-state index in [0.717, 1.165) is 17.1 Å². The largest absolute Gasteiger partial charge is 0.310 e. The summed E-state index contributed by atoms with van der Waals surface area (Å²) in [6.45, 7) is 7.16. The van der Waals surface area contributed by atoms with Gasteiger partial charge in [-0.1, -0.05) is 196 Å². The highest BCUT2D eigenvalue weighted by Gasteiger charge is 2.41. The minimum Gasteiger partial charge on any atom is -0.310 e. The zero-order valence-corrected chi connectivity index (χ0v) is 35.2. The summed E-state index contributed by atoms with van der Waals surface area (Å²) in [6, 6.07) is 81.2. The Bertz CT molecular complexity index is 3390. The van der Waals surface area contributed by atoms with Crippen molar-refractivity contribution in [1.29, 1.82) is 0 Å². The van der Waals surface area contributed by atoms with Crippen molar-refractivity contribution < 1.29 is 0 Å². The Balaban J connectivity index is 1.02. The quantitative estimate of drug-likeness (QED) is 0.152. The van der Waals surface area contributed by atoms with E-state index in [1.54, 1.807) is 0 Å². The molecule has 0 aromatic heterocycles. The zero-order valence-electron chi connectivity index (χ0n) is 35.2. The lowest BCUT2D eigenvalue weighted by atomic mass is 9.74. The van der Waals surface area contributed by atoms with Crippen molar-refractivity contribution in [1.82, 2.24) is 0 Å². The first-order valence-electron chi connectivity index (χ1n) is 21.8. The van der Waals surface area contributed by atoms with Crippen LogP contribution >= 0.6 is 0 Å². The van der Waals surface area contributed by atoms with E-state index >= 15 is 0 Å². The first kappa shape index (κ1) is 36.4. The van der Waals surface area contributed by atoms with Crippen LogP contribution in [0, 0.1) is 0 Å². The second-order valence-corrected chi connectivity index (χ2v) is 17.8. The SMILES string of the molecule is CC1(C)c2ccccc2-c2cccc(-c3ccccc3N(c3ccc(-c4ccc5c(c4)C(C)(c4ccccc4)c4ccccc4-5)cc3)c3ccc4c(ccc5ccccc54)c3)c21. The lowest BCUT2D eigenvalue weighted by Crippen LogP contribution is -2.22. The molecule has 0 spiro atoms. The molecule has 0 radical (unpaired) electrons. The molecule has 2 aliphatic carbocycles. The van der Waals surface area contributed by atoms with E-state index in [1.807, 2.05) is 0 Å². The Kier molecular flexibility index (Phi) is 8.08. The fourth-order valence-electron chi connectivity index (χ4n) is 11.1. The first-order chi connectivity index (χ1) is 30.4. The summed E-state index contributed by atoms with van der Waals surface area (Å²) in [4.78, 5) is 2.47. The molecule has 0 bridgehead atoms. The molecule has 10 aromatic rings. The minimum atomic E-state index is -0.251. The minimum absolute atomic E-state index is 0.153. The second kappa shape index (κ2) is 13.8. The fraction of sp³-hybridized carbons (Fsp3) is 0.0820. The number of para-hydroxylation sites is 1. The Morgan fingerprint density at radius 1 is 0.339 bits per heavy atom. The molecule has 0 amide bonds. The topological polar surface area (TPSA) is 3.24 Å². The summed E-state index contributed by atoms with van der Waals surface area (Å²) in [5.41, 5.74) is 20.0. The van der Waals surface area contributed by atoms with Gasteiger partial charge >= 0.3 is 0 Å². The van der Waals surface area contributed by atoms with Crippen LogP contribution < -0.4 is 4.90 Å². The lowest BCUT2D eigenvalue weighted by molar-refractivity contribution is 0.662. The Morgan fingerprint density at radius 2 is 0.903 bits per heavy atom. The third kappa shape index (κ3) is 5.34. The Labute approximate surface area is 364 Å². The molecule has 12 rings (SSSR count). The van der Waals surface area contributed by atoms with Gasteiger partial charge in [0.2, 0.25) is 0 Å². The zero-order chi connectivity index (χ0) is 41.6. The summed E-state index contributed by atoms with van der Waals surface area (Å²) in [6.07, 6.45) is 0. The third-order valence-electron chi connectivity index (χ3n) is 14.1. The highest BCUT2D eigenvalue weighted by Crippen LogP contribution is 2.55. The maximum absolute atomic E-state index is 2.47. The van der Waals surface area contributed by atoms with E-state index < -0.39 is 0 Å². The predicted molar refractivity (Wildman–Crippen MR) is 262 cm³/mol. The van der Waals surface area contributed by atoms with Gasteiger partial charge in [-0.3, -0.25) is 0 Å². The smallest absolute Gasteiger partial charge is 0.0540 e. The fourth-order valence-corrected chi connectivity index (χ4v) is 11.1. The van der Waals surface area contributed by atoms with Crippen LogP contribution in [0.15, 0.2) is 218 Å². The van der Waals surface area contributed by atoms with Gasteiger partial charge in [-0.25, -0.2) is 0 Å². The molecule has 0 N–H and O–H groups in total. The van der Waals surface area contributed by atoms with Crippen LogP contribution in [0.1, 0.15) is 48.6 Å². The molecule has 62 heavy (non-hydrogen) atoms. The van der Waals surface area contributed by atoms with Crippen LogP contribution in [0.2, 0.25) is 0 Å². The molecule has 0 saturated heterocycles. The average molecular weight is 792 g/mol. The van der Waals surface area contributed by atoms with Gasteiger partial charge in [0.05, 0.1) is 5.69 Å². The number of fused-ring (bicyclic) bond motifs is 9. The van der Waals surface area contributed by atoms with Crippen LogP contribution in [0.3, 0.4) is 0 Å². The van der Waals surface area contributed by atoms with Gasteiger partial charge in [0, 0.05) is 27.8 Å². The van der Waals surface area contributed by atoms with Gasteiger partial charge < -0.3 is 4.90 Å². The summed E-state index contributed by atoms with van der Waals surface area (Å²) in [5.74, 6) is 0. The van der Waals surface area contributed by atoms with E-state index in [9.17, 15) is 0 Å². The molecule has 0 aliphatic heterocycles. The maximum Gasteiger partial charge on any atom is 0.0540 e. The first-order valence-corrected chi connectivity index (χ1v) is 21.8. The molecule has 10 aromatic carbocycles. The van der Waals surface area contributed by atoms with E-state index in [4.69, 9.17) is 0 Å². The number of benzene rings is 10. The van der Waals surface area contributed by atoms with E-state index in [-0.39, 0.29) is 10.8 Å². The summed E-state index contributed by atoms with van der Waals surface area (Å²) in [5, 5.41) is 5.01. The summed E-state index contributed by atoms with van der Waals surface area (Å²) in [7, 11) is 0. The Hall–Kier alpha value is -7.48. The molecule has 2 aliphatic rings. The van der Waals surface area contributed by atoms with Crippen molar-refractivity contribution in [2.24, 2.45) is 0 Å². The highest BCUT2D eigenvalue weighted by atomic mass is 15.1. The molecule has 1 heteroatoms. The van der Waals surface area contributed by atoms with Gasteiger partial charge in [0.15, 0.2) is 0 Å². The number of hydrogen-bond donors (Lipinski definition) is 0. The van der Waals surface area contributed by atoms with Crippen molar-refractivity contribution >= 4 is 38.6 Å². The van der Waals surface area contributed by atoms with Crippen LogP contribution in [0.5, 0.6) is 0 Å². The van der Waals surface area contributed by atoms with Crippen molar-refractivity contribution in [3.63, 3.8) is 0 Å². The van der Waals surface area contributed by atoms with Crippen molar-refractivity contribution in [3.8, 4) is 44.5 Å².